The summed E-state index contributed by atoms with van der Waals surface area (Å²) in [5.74, 6) is 0. The maximum absolute atomic E-state index is 11.8. The summed E-state index contributed by atoms with van der Waals surface area (Å²) in [7, 11) is -3.81. The first-order valence-electron chi connectivity index (χ1n) is 4.74. The molecule has 0 amide bonds. The third-order valence-electron chi connectivity index (χ3n) is 1.92. The number of nitrogens with zero attached hydrogens (tertiary/aromatic N) is 1. The number of hydrogen-bond donors (Lipinski definition) is 2. The molecule has 1 rings (SSSR count). The highest BCUT2D eigenvalue weighted by Gasteiger charge is 2.18. The fourth-order valence-electron chi connectivity index (χ4n) is 1.13. The molecule has 0 saturated carbocycles. The molecule has 0 aliphatic rings. The molecule has 0 aliphatic heterocycles. The average molecular weight is 275 g/mol. The van der Waals surface area contributed by atoms with E-state index in [2.05, 4.69) is 4.72 Å². The summed E-state index contributed by atoms with van der Waals surface area (Å²) in [6.07, 6.45) is -0.803. The van der Waals surface area contributed by atoms with Crippen LogP contribution < -0.4 is 4.72 Å². The van der Waals surface area contributed by atoms with Crippen LogP contribution in [0.1, 0.15) is 12.5 Å². The Kier molecular flexibility index (Phi) is 4.48. The van der Waals surface area contributed by atoms with Crippen molar-refractivity contribution in [2.75, 3.05) is 6.54 Å². The molecule has 0 spiro atoms. The lowest BCUT2D eigenvalue weighted by molar-refractivity contribution is 0.198. The molecule has 92 valence electrons. The highest BCUT2D eigenvalue weighted by molar-refractivity contribution is 7.89. The Bertz CT molecular complexity index is 549. The van der Waals surface area contributed by atoms with Crippen LogP contribution in [0.2, 0.25) is 5.02 Å². The highest BCUT2D eigenvalue weighted by atomic mass is 35.5. The van der Waals surface area contributed by atoms with Gasteiger partial charge in [-0.25, -0.2) is 13.1 Å². The third-order valence-corrected chi connectivity index (χ3v) is 3.64. The number of aliphatic hydroxyl groups is 1. The Morgan fingerprint density at radius 3 is 2.76 bits per heavy atom. The quantitative estimate of drug-likeness (QED) is 0.852. The first kappa shape index (κ1) is 13.9. The van der Waals surface area contributed by atoms with Crippen LogP contribution in [0.3, 0.4) is 0 Å². The van der Waals surface area contributed by atoms with Crippen LogP contribution in [0.5, 0.6) is 0 Å². The number of hydrogen-bond acceptors (Lipinski definition) is 4. The molecule has 1 atom stereocenters. The van der Waals surface area contributed by atoms with Crippen LogP contribution in [0.4, 0.5) is 0 Å². The number of benzene rings is 1. The second kappa shape index (κ2) is 5.47. The summed E-state index contributed by atoms with van der Waals surface area (Å²) in [5.41, 5.74) is -0.0319. The summed E-state index contributed by atoms with van der Waals surface area (Å²) < 4.78 is 25.8. The Morgan fingerprint density at radius 2 is 2.24 bits per heavy atom. The van der Waals surface area contributed by atoms with E-state index in [1.54, 1.807) is 6.07 Å². The van der Waals surface area contributed by atoms with Gasteiger partial charge in [0.25, 0.3) is 0 Å². The molecule has 7 heteroatoms. The van der Waals surface area contributed by atoms with Crippen molar-refractivity contribution in [1.29, 1.82) is 5.26 Å². The van der Waals surface area contributed by atoms with Gasteiger partial charge < -0.3 is 5.11 Å². The molecule has 17 heavy (non-hydrogen) atoms. The largest absolute Gasteiger partial charge is 0.392 e. The number of aliphatic hydroxyl groups excluding tert-OH is 1. The maximum atomic E-state index is 11.8. The molecule has 0 bridgehead atoms. The second-order valence-electron chi connectivity index (χ2n) is 3.45. The lowest BCUT2D eigenvalue weighted by atomic mass is 10.2. The first-order valence-corrected chi connectivity index (χ1v) is 6.60. The van der Waals surface area contributed by atoms with Crippen LogP contribution in [-0.2, 0) is 10.0 Å². The average Bonchev–Trinajstić information content (AvgIpc) is 2.26. The predicted molar refractivity (Wildman–Crippen MR) is 63.0 cm³/mol. The standard InChI is InChI=1S/C10H11ClN2O3S/c1-7(14)6-13-17(15,16)10-3-2-9(11)4-8(10)5-12/h2-4,7,13-14H,6H2,1H3. The minimum Gasteiger partial charge on any atom is -0.392 e. The van der Waals surface area contributed by atoms with Gasteiger partial charge in [-0.3, -0.25) is 0 Å². The number of halogens is 1. The Balaban J connectivity index is 3.12. The van der Waals surface area contributed by atoms with E-state index in [0.717, 1.165) is 0 Å². The second-order valence-corrected chi connectivity index (χ2v) is 5.63. The summed E-state index contributed by atoms with van der Waals surface area (Å²) in [4.78, 5) is -0.148. The SMILES string of the molecule is CC(O)CNS(=O)(=O)c1ccc(Cl)cc1C#N. The summed E-state index contributed by atoms with van der Waals surface area (Å²) >= 11 is 5.67. The van der Waals surface area contributed by atoms with E-state index in [-0.39, 0.29) is 22.0 Å². The van der Waals surface area contributed by atoms with Gasteiger partial charge in [-0.2, -0.15) is 5.26 Å². The zero-order chi connectivity index (χ0) is 13.1. The molecule has 2 N–H and O–H groups in total. The summed E-state index contributed by atoms with van der Waals surface area (Å²) in [6, 6.07) is 5.68. The van der Waals surface area contributed by atoms with Gasteiger partial charge in [0, 0.05) is 11.6 Å². The van der Waals surface area contributed by atoms with Crippen molar-refractivity contribution in [2.45, 2.75) is 17.9 Å². The van der Waals surface area contributed by atoms with E-state index in [4.69, 9.17) is 22.0 Å². The van der Waals surface area contributed by atoms with Crippen LogP contribution >= 0.6 is 11.6 Å². The van der Waals surface area contributed by atoms with Crippen molar-refractivity contribution in [3.63, 3.8) is 0 Å². The third kappa shape index (κ3) is 3.68. The minimum absolute atomic E-state index is 0.0319. The van der Waals surface area contributed by atoms with Crippen LogP contribution in [0, 0.1) is 11.3 Å². The van der Waals surface area contributed by atoms with Crippen LogP contribution in [-0.4, -0.2) is 26.2 Å². The highest BCUT2D eigenvalue weighted by Crippen LogP contribution is 2.19. The molecule has 0 aromatic heterocycles. The molecule has 0 heterocycles. The molecule has 5 nitrogen and oxygen atoms in total. The Labute approximate surface area is 105 Å². The molecule has 0 saturated heterocycles. The van der Waals surface area contributed by atoms with Gasteiger partial charge in [0.1, 0.15) is 6.07 Å². The molecule has 1 aromatic rings. The Hall–Kier alpha value is -1.13. The van der Waals surface area contributed by atoms with Crippen LogP contribution in [0.15, 0.2) is 23.1 Å². The van der Waals surface area contributed by atoms with Crippen molar-refractivity contribution in [3.05, 3.63) is 28.8 Å². The fraction of sp³-hybridized carbons (Fsp3) is 0.300. The molecular weight excluding hydrogens is 264 g/mol. The first-order chi connectivity index (χ1) is 7.86. The van der Waals surface area contributed by atoms with Gasteiger partial charge in [0.15, 0.2) is 0 Å². The van der Waals surface area contributed by atoms with E-state index >= 15 is 0 Å². The summed E-state index contributed by atoms with van der Waals surface area (Å²) in [6.45, 7) is 1.34. The van der Waals surface area contributed by atoms with E-state index in [9.17, 15) is 8.42 Å². The maximum Gasteiger partial charge on any atom is 0.241 e. The molecule has 0 radical (unpaired) electrons. The summed E-state index contributed by atoms with van der Waals surface area (Å²) in [5, 5.41) is 18.1. The molecule has 0 aliphatic carbocycles. The van der Waals surface area contributed by atoms with E-state index in [0.29, 0.717) is 0 Å². The minimum atomic E-state index is -3.81. The van der Waals surface area contributed by atoms with Crippen molar-refractivity contribution in [1.82, 2.24) is 4.72 Å². The number of nitriles is 1. The van der Waals surface area contributed by atoms with E-state index < -0.39 is 16.1 Å². The smallest absolute Gasteiger partial charge is 0.241 e. The number of sulfonamides is 1. The van der Waals surface area contributed by atoms with E-state index in [1.165, 1.54) is 25.1 Å². The normalized spacial score (nSPS) is 13.1. The fourth-order valence-corrected chi connectivity index (χ4v) is 2.56. The molecule has 0 fully saturated rings. The van der Waals surface area contributed by atoms with Crippen molar-refractivity contribution >= 4 is 21.6 Å². The topological polar surface area (TPSA) is 90.2 Å². The van der Waals surface area contributed by atoms with Gasteiger partial charge in [-0.05, 0) is 25.1 Å². The molecule has 1 unspecified atom stereocenters. The number of rotatable bonds is 4. The monoisotopic (exact) mass is 274 g/mol. The zero-order valence-electron chi connectivity index (χ0n) is 9.01. The van der Waals surface area contributed by atoms with Gasteiger partial charge in [-0.15, -0.1) is 0 Å². The Morgan fingerprint density at radius 1 is 1.59 bits per heavy atom. The zero-order valence-corrected chi connectivity index (χ0v) is 10.6. The lowest BCUT2D eigenvalue weighted by Crippen LogP contribution is -2.31. The van der Waals surface area contributed by atoms with Crippen molar-refractivity contribution < 1.29 is 13.5 Å². The van der Waals surface area contributed by atoms with E-state index in [1.807, 2.05) is 0 Å². The van der Waals surface area contributed by atoms with Crippen molar-refractivity contribution in [2.24, 2.45) is 0 Å². The van der Waals surface area contributed by atoms with Crippen LogP contribution in [0.25, 0.3) is 0 Å². The molecular formula is C10H11ClN2O3S. The predicted octanol–water partition coefficient (Wildman–Crippen LogP) is 0.871. The number of nitrogens with one attached hydrogen (secondary N) is 1. The van der Waals surface area contributed by atoms with Gasteiger partial charge in [0.05, 0.1) is 16.6 Å². The van der Waals surface area contributed by atoms with Gasteiger partial charge in [0.2, 0.25) is 10.0 Å². The van der Waals surface area contributed by atoms with Gasteiger partial charge >= 0.3 is 0 Å². The van der Waals surface area contributed by atoms with Gasteiger partial charge in [-0.1, -0.05) is 11.6 Å². The van der Waals surface area contributed by atoms with Crippen molar-refractivity contribution in [3.8, 4) is 6.07 Å². The molecule has 1 aromatic carbocycles. The lowest BCUT2D eigenvalue weighted by Gasteiger charge is -2.09.